The zero-order valence-corrected chi connectivity index (χ0v) is 19.8. The van der Waals surface area contributed by atoms with Gasteiger partial charge in [-0.1, -0.05) is 55.7 Å². The number of anilines is 2. The fourth-order valence-electron chi connectivity index (χ4n) is 4.48. The number of benzene rings is 2. The molecule has 1 aromatic heterocycles. The minimum absolute atomic E-state index is 0.0939. The molecule has 0 unspecified atom stereocenters. The molecule has 1 fully saturated rings. The Morgan fingerprint density at radius 3 is 2.20 bits per heavy atom. The van der Waals surface area contributed by atoms with Gasteiger partial charge in [-0.3, -0.25) is 24.3 Å². The molecule has 3 amide bonds. The Bertz CT molecular complexity index is 1140. The first-order valence-electron chi connectivity index (χ1n) is 12.0. The van der Waals surface area contributed by atoms with Crippen molar-refractivity contribution in [1.29, 1.82) is 0 Å². The number of carbonyl (C=O) groups excluding carboxylic acids is 3. The molecule has 180 valence electrons. The van der Waals surface area contributed by atoms with Crippen LogP contribution < -0.4 is 15.5 Å². The van der Waals surface area contributed by atoms with E-state index in [0.717, 1.165) is 25.7 Å². The maximum Gasteiger partial charge on any atom is 0.277 e. The van der Waals surface area contributed by atoms with E-state index in [1.165, 1.54) is 18.2 Å². The van der Waals surface area contributed by atoms with E-state index in [1.807, 2.05) is 30.3 Å². The topological polar surface area (TPSA) is 91.4 Å². The van der Waals surface area contributed by atoms with Crippen molar-refractivity contribution in [3.05, 3.63) is 90.3 Å². The first-order valence-corrected chi connectivity index (χ1v) is 12.0. The molecule has 1 aliphatic carbocycles. The van der Waals surface area contributed by atoms with Crippen molar-refractivity contribution in [3.8, 4) is 0 Å². The molecule has 1 saturated carbocycles. The van der Waals surface area contributed by atoms with Gasteiger partial charge in [0.25, 0.3) is 5.91 Å². The lowest BCUT2D eigenvalue weighted by Gasteiger charge is -2.33. The van der Waals surface area contributed by atoms with Gasteiger partial charge in [-0.25, -0.2) is 0 Å². The van der Waals surface area contributed by atoms with Crippen LogP contribution >= 0.6 is 0 Å². The SMILES string of the molecule is CC(=O)Nc1ccc(N(C(=O)c2ccccn2)[C@H](C(=O)NC2CCCCC2)c2ccccc2)cc1. The zero-order valence-electron chi connectivity index (χ0n) is 19.8. The summed E-state index contributed by atoms with van der Waals surface area (Å²) in [4.78, 5) is 44.8. The summed E-state index contributed by atoms with van der Waals surface area (Å²) in [7, 11) is 0. The van der Waals surface area contributed by atoms with Crippen LogP contribution in [0.1, 0.15) is 61.1 Å². The Labute approximate surface area is 205 Å². The molecule has 0 bridgehead atoms. The Morgan fingerprint density at radius 2 is 1.57 bits per heavy atom. The summed E-state index contributed by atoms with van der Waals surface area (Å²) in [5, 5.41) is 5.94. The van der Waals surface area contributed by atoms with Crippen LogP contribution in [0.4, 0.5) is 11.4 Å². The van der Waals surface area contributed by atoms with Gasteiger partial charge in [0.2, 0.25) is 11.8 Å². The van der Waals surface area contributed by atoms with Crippen LogP contribution in [0.5, 0.6) is 0 Å². The van der Waals surface area contributed by atoms with E-state index in [4.69, 9.17) is 0 Å². The van der Waals surface area contributed by atoms with Crippen LogP contribution in [0.3, 0.4) is 0 Å². The molecule has 1 aliphatic rings. The molecular formula is C28H30N4O3. The van der Waals surface area contributed by atoms with Crippen molar-refractivity contribution in [2.75, 3.05) is 10.2 Å². The fourth-order valence-corrected chi connectivity index (χ4v) is 4.48. The summed E-state index contributed by atoms with van der Waals surface area (Å²) in [5.74, 6) is -0.794. The van der Waals surface area contributed by atoms with Gasteiger partial charge in [-0.05, 0) is 54.8 Å². The Hall–Kier alpha value is -4.00. The van der Waals surface area contributed by atoms with E-state index in [-0.39, 0.29) is 29.5 Å². The Morgan fingerprint density at radius 1 is 0.886 bits per heavy atom. The summed E-state index contributed by atoms with van der Waals surface area (Å²) in [6.07, 6.45) is 6.79. The standard InChI is InChI=1S/C28H30N4O3/c1-20(33)30-23-15-17-24(18-16-23)32(28(35)25-14-8-9-19-29-25)26(21-10-4-2-5-11-21)27(34)31-22-12-6-3-7-13-22/h2,4-5,8-11,14-19,22,26H,3,6-7,12-13H2,1H3,(H,30,33)(H,31,34)/t26-/m0/s1. The monoisotopic (exact) mass is 470 g/mol. The molecule has 7 heteroatoms. The number of hydrogen-bond donors (Lipinski definition) is 2. The normalized spacial score (nSPS) is 14.5. The number of amides is 3. The predicted octanol–water partition coefficient (Wildman–Crippen LogP) is 4.88. The highest BCUT2D eigenvalue weighted by atomic mass is 16.2. The lowest BCUT2D eigenvalue weighted by atomic mass is 9.94. The van der Waals surface area contributed by atoms with E-state index < -0.39 is 6.04 Å². The highest BCUT2D eigenvalue weighted by molar-refractivity contribution is 6.09. The first kappa shape index (κ1) is 24.1. The molecule has 2 aromatic carbocycles. The zero-order chi connectivity index (χ0) is 24.6. The maximum atomic E-state index is 13.8. The van der Waals surface area contributed by atoms with Gasteiger partial charge in [0.15, 0.2) is 0 Å². The molecule has 2 N–H and O–H groups in total. The predicted molar refractivity (Wildman–Crippen MR) is 136 cm³/mol. The Kier molecular flexibility index (Phi) is 7.88. The quantitative estimate of drug-likeness (QED) is 0.515. The van der Waals surface area contributed by atoms with Crippen molar-refractivity contribution in [1.82, 2.24) is 10.3 Å². The van der Waals surface area contributed by atoms with E-state index in [1.54, 1.807) is 48.7 Å². The third-order valence-corrected chi connectivity index (χ3v) is 6.14. The van der Waals surface area contributed by atoms with Crippen molar-refractivity contribution in [2.24, 2.45) is 0 Å². The molecule has 35 heavy (non-hydrogen) atoms. The lowest BCUT2D eigenvalue weighted by molar-refractivity contribution is -0.123. The largest absolute Gasteiger partial charge is 0.351 e. The first-order chi connectivity index (χ1) is 17.0. The molecule has 1 atom stereocenters. The van der Waals surface area contributed by atoms with Crippen molar-refractivity contribution in [2.45, 2.75) is 51.1 Å². The highest BCUT2D eigenvalue weighted by Crippen LogP contribution is 2.31. The van der Waals surface area contributed by atoms with Crippen LogP contribution in [-0.4, -0.2) is 28.7 Å². The second kappa shape index (κ2) is 11.4. The van der Waals surface area contributed by atoms with Crippen molar-refractivity contribution in [3.63, 3.8) is 0 Å². The number of nitrogens with zero attached hydrogens (tertiary/aromatic N) is 2. The third kappa shape index (κ3) is 6.12. The Balaban J connectivity index is 1.76. The van der Waals surface area contributed by atoms with Crippen molar-refractivity contribution >= 4 is 29.1 Å². The van der Waals surface area contributed by atoms with Crippen LogP contribution in [-0.2, 0) is 9.59 Å². The second-order valence-corrected chi connectivity index (χ2v) is 8.77. The number of nitrogens with one attached hydrogen (secondary N) is 2. The molecule has 0 spiro atoms. The number of aromatic nitrogens is 1. The average Bonchev–Trinajstić information content (AvgIpc) is 2.88. The van der Waals surface area contributed by atoms with Gasteiger partial charge in [-0.15, -0.1) is 0 Å². The van der Waals surface area contributed by atoms with Gasteiger partial charge in [0, 0.05) is 30.5 Å². The van der Waals surface area contributed by atoms with Gasteiger partial charge in [0.05, 0.1) is 0 Å². The van der Waals surface area contributed by atoms with Gasteiger partial charge in [-0.2, -0.15) is 0 Å². The fraction of sp³-hybridized carbons (Fsp3) is 0.286. The van der Waals surface area contributed by atoms with Gasteiger partial charge < -0.3 is 10.6 Å². The van der Waals surface area contributed by atoms with Crippen LogP contribution in [0, 0.1) is 0 Å². The minimum atomic E-state index is -0.890. The number of hydrogen-bond acceptors (Lipinski definition) is 4. The molecule has 0 radical (unpaired) electrons. The second-order valence-electron chi connectivity index (χ2n) is 8.77. The summed E-state index contributed by atoms with van der Waals surface area (Å²) in [6, 6.07) is 20.6. The smallest absolute Gasteiger partial charge is 0.277 e. The summed E-state index contributed by atoms with van der Waals surface area (Å²) in [5.41, 5.74) is 2.08. The molecule has 3 aromatic rings. The lowest BCUT2D eigenvalue weighted by Crippen LogP contribution is -2.47. The van der Waals surface area contributed by atoms with Crippen LogP contribution in [0.15, 0.2) is 79.0 Å². The molecule has 0 aliphatic heterocycles. The minimum Gasteiger partial charge on any atom is -0.351 e. The maximum absolute atomic E-state index is 13.8. The van der Waals surface area contributed by atoms with E-state index in [0.29, 0.717) is 16.9 Å². The molecule has 0 saturated heterocycles. The summed E-state index contributed by atoms with van der Waals surface area (Å²) < 4.78 is 0. The molecular weight excluding hydrogens is 440 g/mol. The highest BCUT2D eigenvalue weighted by Gasteiger charge is 2.35. The third-order valence-electron chi connectivity index (χ3n) is 6.14. The molecule has 7 nitrogen and oxygen atoms in total. The van der Waals surface area contributed by atoms with Crippen molar-refractivity contribution < 1.29 is 14.4 Å². The summed E-state index contributed by atoms with van der Waals surface area (Å²) >= 11 is 0. The van der Waals surface area contributed by atoms with Crippen LogP contribution in [0.25, 0.3) is 0 Å². The van der Waals surface area contributed by atoms with E-state index in [2.05, 4.69) is 15.6 Å². The van der Waals surface area contributed by atoms with E-state index in [9.17, 15) is 14.4 Å². The van der Waals surface area contributed by atoms with Gasteiger partial charge in [0.1, 0.15) is 11.7 Å². The number of pyridine rings is 1. The number of carbonyl (C=O) groups is 3. The molecule has 4 rings (SSSR count). The van der Waals surface area contributed by atoms with Crippen LogP contribution in [0.2, 0.25) is 0 Å². The molecule has 1 heterocycles. The van der Waals surface area contributed by atoms with Gasteiger partial charge >= 0.3 is 0 Å². The average molecular weight is 471 g/mol. The summed E-state index contributed by atoms with van der Waals surface area (Å²) in [6.45, 7) is 1.44. The van der Waals surface area contributed by atoms with E-state index >= 15 is 0 Å². The number of rotatable bonds is 7.